The van der Waals surface area contributed by atoms with Crippen molar-refractivity contribution in [3.63, 3.8) is 0 Å². The van der Waals surface area contributed by atoms with E-state index < -0.39 is 23.3 Å². The van der Waals surface area contributed by atoms with Gasteiger partial charge in [-0.3, -0.25) is 14.4 Å². The predicted molar refractivity (Wildman–Crippen MR) is 134 cm³/mol. The van der Waals surface area contributed by atoms with E-state index in [9.17, 15) is 14.4 Å². The third-order valence-electron chi connectivity index (χ3n) is 6.91. The third-order valence-corrected chi connectivity index (χ3v) is 6.91. The van der Waals surface area contributed by atoms with E-state index in [1.807, 2.05) is 30.3 Å². The Balaban J connectivity index is 1.77. The summed E-state index contributed by atoms with van der Waals surface area (Å²) >= 11 is 0. The van der Waals surface area contributed by atoms with Gasteiger partial charge in [-0.05, 0) is 54.2 Å². The highest BCUT2D eigenvalue weighted by Crippen LogP contribution is 2.46. The summed E-state index contributed by atoms with van der Waals surface area (Å²) in [5.74, 6) is -0.957. The van der Waals surface area contributed by atoms with Crippen LogP contribution in [-0.4, -0.2) is 36.3 Å². The molecule has 8 heteroatoms. The van der Waals surface area contributed by atoms with Gasteiger partial charge in [0.05, 0.1) is 19.9 Å². The van der Waals surface area contributed by atoms with Gasteiger partial charge in [0, 0.05) is 6.54 Å². The quantitative estimate of drug-likeness (QED) is 0.451. The molecule has 1 aliphatic rings. The Labute approximate surface area is 210 Å². The van der Waals surface area contributed by atoms with Gasteiger partial charge < -0.3 is 25.1 Å². The van der Waals surface area contributed by atoms with Crippen LogP contribution < -0.4 is 15.8 Å². The van der Waals surface area contributed by atoms with Crippen LogP contribution >= 0.6 is 0 Å². The first-order chi connectivity index (χ1) is 17.5. The molecule has 0 spiro atoms. The van der Waals surface area contributed by atoms with Gasteiger partial charge in [0.25, 0.3) is 5.91 Å². The van der Waals surface area contributed by atoms with Crippen molar-refractivity contribution in [3.8, 4) is 5.75 Å². The van der Waals surface area contributed by atoms with Crippen molar-refractivity contribution in [2.24, 2.45) is 11.7 Å². The van der Waals surface area contributed by atoms with E-state index in [1.54, 1.807) is 42.3 Å². The monoisotopic (exact) mass is 489 g/mol. The molecule has 188 valence electrons. The normalized spacial score (nSPS) is 15.1. The Morgan fingerprint density at radius 1 is 1.03 bits per heavy atom. The van der Waals surface area contributed by atoms with Gasteiger partial charge in [-0.2, -0.15) is 0 Å². The van der Waals surface area contributed by atoms with Gasteiger partial charge in [0.15, 0.2) is 5.76 Å². The summed E-state index contributed by atoms with van der Waals surface area (Å²) in [5, 5.41) is 2.63. The van der Waals surface area contributed by atoms with Gasteiger partial charge in [-0.15, -0.1) is 0 Å². The zero-order valence-electron chi connectivity index (χ0n) is 20.3. The third kappa shape index (κ3) is 4.98. The molecule has 36 heavy (non-hydrogen) atoms. The van der Waals surface area contributed by atoms with Gasteiger partial charge in [-0.25, -0.2) is 0 Å². The minimum atomic E-state index is -1.40. The summed E-state index contributed by atoms with van der Waals surface area (Å²) in [5.41, 5.74) is 6.29. The summed E-state index contributed by atoms with van der Waals surface area (Å²) in [7, 11) is 1.57. The number of nitrogens with zero attached hydrogens (tertiary/aromatic N) is 1. The fraction of sp³-hybridized carbons (Fsp3) is 0.321. The van der Waals surface area contributed by atoms with Crippen molar-refractivity contribution in [1.29, 1.82) is 0 Å². The number of benzene rings is 2. The van der Waals surface area contributed by atoms with Crippen molar-refractivity contribution < 1.29 is 23.5 Å². The average Bonchev–Trinajstić information content (AvgIpc) is 3.63. The topological polar surface area (TPSA) is 115 Å². The van der Waals surface area contributed by atoms with Crippen LogP contribution in [0, 0.1) is 5.92 Å². The minimum Gasteiger partial charge on any atom is -0.497 e. The molecule has 0 radical (unpaired) electrons. The number of hydrogen-bond donors (Lipinski definition) is 2. The molecular formula is C28H31N3O5. The zero-order valence-corrected chi connectivity index (χ0v) is 20.3. The summed E-state index contributed by atoms with van der Waals surface area (Å²) in [6.45, 7) is -0.161. The first kappa shape index (κ1) is 25.0. The first-order valence-electron chi connectivity index (χ1n) is 12.1. The Bertz CT molecular complexity index is 1170. The van der Waals surface area contributed by atoms with Crippen LogP contribution in [0.1, 0.15) is 47.4 Å². The van der Waals surface area contributed by atoms with E-state index in [1.165, 1.54) is 12.3 Å². The van der Waals surface area contributed by atoms with Crippen molar-refractivity contribution >= 4 is 17.7 Å². The second-order valence-electron chi connectivity index (χ2n) is 8.97. The number of hydrogen-bond acceptors (Lipinski definition) is 5. The molecule has 8 nitrogen and oxygen atoms in total. The highest BCUT2D eigenvalue weighted by atomic mass is 16.5. The first-order valence-corrected chi connectivity index (χ1v) is 12.1. The molecule has 1 heterocycles. The Kier molecular flexibility index (Phi) is 7.73. The zero-order chi connectivity index (χ0) is 25.5. The number of carbonyl (C=O) groups excluding carboxylic acids is 3. The summed E-state index contributed by atoms with van der Waals surface area (Å²) in [6, 6.07) is 19.7. The molecule has 3 amide bonds. The number of nitrogens with one attached hydrogen (secondary N) is 1. The van der Waals surface area contributed by atoms with Crippen LogP contribution in [0.4, 0.5) is 0 Å². The maximum absolute atomic E-state index is 13.9. The van der Waals surface area contributed by atoms with Gasteiger partial charge >= 0.3 is 0 Å². The average molecular weight is 490 g/mol. The maximum Gasteiger partial charge on any atom is 0.287 e. The highest BCUT2D eigenvalue weighted by molar-refractivity contribution is 5.96. The molecule has 0 saturated heterocycles. The summed E-state index contributed by atoms with van der Waals surface area (Å²) in [4.78, 5) is 41.4. The smallest absolute Gasteiger partial charge is 0.287 e. The van der Waals surface area contributed by atoms with E-state index in [0.29, 0.717) is 11.3 Å². The lowest BCUT2D eigenvalue weighted by molar-refractivity contribution is -0.152. The fourth-order valence-electron chi connectivity index (χ4n) is 5.20. The molecule has 1 fully saturated rings. The largest absolute Gasteiger partial charge is 0.497 e. The molecule has 3 aromatic rings. The molecule has 1 saturated carbocycles. The lowest BCUT2D eigenvalue weighted by Crippen LogP contribution is -2.61. The molecule has 1 unspecified atom stereocenters. The highest BCUT2D eigenvalue weighted by Gasteiger charge is 2.53. The van der Waals surface area contributed by atoms with E-state index in [2.05, 4.69) is 5.32 Å². The molecule has 2 aromatic carbocycles. The molecule has 4 rings (SSSR count). The van der Waals surface area contributed by atoms with Gasteiger partial charge in [0.2, 0.25) is 11.8 Å². The Hall–Kier alpha value is -4.07. The SMILES string of the molecule is COc1ccc(C(C(N)=O)(C2CCCC2)N(Cc2ccccc2)C(=O)CNC(=O)c2ccco2)cc1. The van der Waals surface area contributed by atoms with Crippen LogP contribution in [0.2, 0.25) is 0 Å². The van der Waals surface area contributed by atoms with Crippen LogP contribution in [0.5, 0.6) is 5.75 Å². The number of methoxy groups -OCH3 is 1. The number of rotatable bonds is 10. The summed E-state index contributed by atoms with van der Waals surface area (Å²) < 4.78 is 10.5. The lowest BCUT2D eigenvalue weighted by Gasteiger charge is -2.46. The van der Waals surface area contributed by atoms with Crippen molar-refractivity contribution in [3.05, 3.63) is 89.9 Å². The standard InChI is InChI=1S/C28H31N3O5/c1-35-23-15-13-22(14-16-23)28(27(29)34,21-10-5-6-11-21)31(19-20-8-3-2-4-9-20)25(32)18-30-26(33)24-12-7-17-36-24/h2-4,7-9,12-17,21H,5-6,10-11,18-19H2,1H3,(H2,29,34)(H,30,33). The van der Waals surface area contributed by atoms with Crippen LogP contribution in [-0.2, 0) is 21.7 Å². The van der Waals surface area contributed by atoms with Crippen molar-refractivity contribution in [2.75, 3.05) is 13.7 Å². The lowest BCUT2D eigenvalue weighted by atomic mass is 9.74. The molecule has 1 aliphatic carbocycles. The predicted octanol–water partition coefficient (Wildman–Crippen LogP) is 3.62. The Morgan fingerprint density at radius 3 is 2.31 bits per heavy atom. The second-order valence-corrected chi connectivity index (χ2v) is 8.97. The molecular weight excluding hydrogens is 458 g/mol. The fourth-order valence-corrected chi connectivity index (χ4v) is 5.20. The molecule has 3 N–H and O–H groups in total. The number of nitrogens with two attached hydrogens (primary N) is 1. The van der Waals surface area contributed by atoms with Crippen LogP contribution in [0.25, 0.3) is 0 Å². The molecule has 0 aliphatic heterocycles. The molecule has 1 aromatic heterocycles. The maximum atomic E-state index is 13.9. The van der Waals surface area contributed by atoms with E-state index in [-0.39, 0.29) is 24.8 Å². The van der Waals surface area contributed by atoms with Crippen LogP contribution in [0.3, 0.4) is 0 Å². The van der Waals surface area contributed by atoms with Gasteiger partial charge in [-0.1, -0.05) is 55.3 Å². The number of ether oxygens (including phenoxy) is 1. The van der Waals surface area contributed by atoms with E-state index in [0.717, 1.165) is 31.2 Å². The number of furan rings is 1. The van der Waals surface area contributed by atoms with Gasteiger partial charge in [0.1, 0.15) is 11.3 Å². The second kappa shape index (κ2) is 11.1. The van der Waals surface area contributed by atoms with E-state index >= 15 is 0 Å². The number of carbonyl (C=O) groups is 3. The van der Waals surface area contributed by atoms with Crippen LogP contribution in [0.15, 0.2) is 77.4 Å². The van der Waals surface area contributed by atoms with Crippen molar-refractivity contribution in [1.82, 2.24) is 10.2 Å². The molecule has 0 bridgehead atoms. The van der Waals surface area contributed by atoms with Crippen molar-refractivity contribution in [2.45, 2.75) is 37.8 Å². The molecule has 1 atom stereocenters. The summed E-state index contributed by atoms with van der Waals surface area (Å²) in [6.07, 6.45) is 4.79. The number of primary amides is 1. The number of amides is 3. The Morgan fingerprint density at radius 2 is 1.72 bits per heavy atom. The van der Waals surface area contributed by atoms with E-state index in [4.69, 9.17) is 14.9 Å². The minimum absolute atomic E-state index is 0.101.